The number of benzene rings is 1. The van der Waals surface area contributed by atoms with Crippen LogP contribution in [-0.4, -0.2) is 16.2 Å². The van der Waals surface area contributed by atoms with Gasteiger partial charge in [0.15, 0.2) is 6.29 Å². The van der Waals surface area contributed by atoms with Crippen LogP contribution >= 0.6 is 0 Å². The summed E-state index contributed by atoms with van der Waals surface area (Å²) in [5.74, 6) is 0. The summed E-state index contributed by atoms with van der Waals surface area (Å²) in [6, 6.07) is 4.77. The Bertz CT molecular complexity index is 573. The highest BCUT2D eigenvalue weighted by molar-refractivity contribution is 5.96. The number of nitrogens with zero attached hydrogens (tertiary/aromatic N) is 1. The van der Waals surface area contributed by atoms with Gasteiger partial charge in [0.2, 0.25) is 0 Å². The molecule has 1 aromatic carbocycles. The molecule has 18 heavy (non-hydrogen) atoms. The summed E-state index contributed by atoms with van der Waals surface area (Å²) in [6.45, 7) is 6.01. The number of nitro benzene ring substituents is 1. The van der Waals surface area contributed by atoms with Gasteiger partial charge in [-0.25, -0.2) is 0 Å². The van der Waals surface area contributed by atoms with Crippen LogP contribution in [0.15, 0.2) is 18.2 Å². The van der Waals surface area contributed by atoms with Gasteiger partial charge >= 0.3 is 0 Å². The third-order valence-electron chi connectivity index (χ3n) is 2.42. The molecule has 1 aromatic heterocycles. The molecule has 0 fully saturated rings. The van der Waals surface area contributed by atoms with Crippen molar-refractivity contribution < 1.29 is 9.72 Å². The SMILES string of the molecule is CCC.Cc1c(C=O)[nH]c2c([N+](=O)[O-])cccc12. The molecule has 0 aliphatic rings. The first-order chi connectivity index (χ1) is 8.56. The van der Waals surface area contributed by atoms with Crippen LogP contribution in [0.3, 0.4) is 0 Å². The van der Waals surface area contributed by atoms with Crippen molar-refractivity contribution in [2.75, 3.05) is 0 Å². The van der Waals surface area contributed by atoms with E-state index in [0.717, 1.165) is 5.56 Å². The van der Waals surface area contributed by atoms with Crippen molar-refractivity contribution in [3.63, 3.8) is 0 Å². The van der Waals surface area contributed by atoms with Gasteiger partial charge in [-0.3, -0.25) is 14.9 Å². The summed E-state index contributed by atoms with van der Waals surface area (Å²) in [5.41, 5.74) is 1.52. The number of non-ortho nitro benzene ring substituents is 1. The molecule has 0 saturated heterocycles. The smallest absolute Gasteiger partial charge is 0.293 e. The highest BCUT2D eigenvalue weighted by Gasteiger charge is 2.16. The van der Waals surface area contributed by atoms with E-state index in [1.54, 1.807) is 19.1 Å². The monoisotopic (exact) mass is 248 g/mol. The zero-order chi connectivity index (χ0) is 13.7. The van der Waals surface area contributed by atoms with Gasteiger partial charge in [-0.2, -0.15) is 0 Å². The van der Waals surface area contributed by atoms with Gasteiger partial charge in [-0.1, -0.05) is 32.4 Å². The van der Waals surface area contributed by atoms with E-state index in [-0.39, 0.29) is 5.69 Å². The Labute approximate surface area is 105 Å². The number of aromatic nitrogens is 1. The number of rotatable bonds is 2. The highest BCUT2D eigenvalue weighted by Crippen LogP contribution is 2.28. The second-order valence-corrected chi connectivity index (χ2v) is 3.95. The van der Waals surface area contributed by atoms with Crippen molar-refractivity contribution in [2.45, 2.75) is 27.2 Å². The molecule has 0 atom stereocenters. The molecular formula is C13H16N2O3. The lowest BCUT2D eigenvalue weighted by atomic mass is 10.1. The maximum Gasteiger partial charge on any atom is 0.293 e. The number of aromatic amines is 1. The molecule has 1 heterocycles. The predicted octanol–water partition coefficient (Wildman–Crippen LogP) is 3.61. The number of fused-ring (bicyclic) bond motifs is 1. The van der Waals surface area contributed by atoms with Gasteiger partial charge in [0.1, 0.15) is 5.52 Å². The predicted molar refractivity (Wildman–Crippen MR) is 71.0 cm³/mol. The molecule has 0 unspecified atom stereocenters. The van der Waals surface area contributed by atoms with E-state index in [2.05, 4.69) is 18.8 Å². The summed E-state index contributed by atoms with van der Waals surface area (Å²) in [4.78, 5) is 23.7. The Morgan fingerprint density at radius 1 is 1.39 bits per heavy atom. The van der Waals surface area contributed by atoms with Gasteiger partial charge in [0, 0.05) is 11.5 Å². The maximum atomic E-state index is 10.7. The number of carbonyl (C=O) groups is 1. The number of hydrogen-bond acceptors (Lipinski definition) is 3. The average molecular weight is 248 g/mol. The molecule has 2 aromatic rings. The van der Waals surface area contributed by atoms with E-state index in [9.17, 15) is 14.9 Å². The maximum absolute atomic E-state index is 10.7. The fraction of sp³-hybridized carbons (Fsp3) is 0.308. The average Bonchev–Trinajstić information content (AvgIpc) is 2.67. The Morgan fingerprint density at radius 2 is 2.00 bits per heavy atom. The van der Waals surface area contributed by atoms with Gasteiger partial charge < -0.3 is 4.98 Å². The minimum Gasteiger partial charge on any atom is -0.347 e. The van der Waals surface area contributed by atoms with E-state index >= 15 is 0 Å². The summed E-state index contributed by atoms with van der Waals surface area (Å²) in [6.07, 6.45) is 1.92. The lowest BCUT2D eigenvalue weighted by Crippen LogP contribution is -1.88. The number of carbonyl (C=O) groups excluding carboxylic acids is 1. The molecule has 0 radical (unpaired) electrons. The number of nitrogens with one attached hydrogen (secondary N) is 1. The first-order valence-electron chi connectivity index (χ1n) is 5.77. The van der Waals surface area contributed by atoms with Crippen LogP contribution in [0.4, 0.5) is 5.69 Å². The molecule has 96 valence electrons. The Kier molecular flexibility index (Phi) is 4.59. The van der Waals surface area contributed by atoms with E-state index < -0.39 is 4.92 Å². The summed E-state index contributed by atoms with van der Waals surface area (Å²) >= 11 is 0. The zero-order valence-corrected chi connectivity index (χ0v) is 10.7. The second kappa shape index (κ2) is 5.95. The number of aldehydes is 1. The second-order valence-electron chi connectivity index (χ2n) is 3.95. The molecule has 0 bridgehead atoms. The summed E-state index contributed by atoms with van der Waals surface area (Å²) in [5, 5.41) is 11.4. The number of aryl methyl sites for hydroxylation is 1. The van der Waals surface area contributed by atoms with Crippen LogP contribution in [0.2, 0.25) is 0 Å². The Hall–Kier alpha value is -2.17. The largest absolute Gasteiger partial charge is 0.347 e. The van der Waals surface area contributed by atoms with Gasteiger partial charge in [0.25, 0.3) is 5.69 Å². The fourth-order valence-corrected chi connectivity index (χ4v) is 1.63. The number of hydrogen-bond donors (Lipinski definition) is 1. The fourth-order valence-electron chi connectivity index (χ4n) is 1.63. The standard InChI is InChI=1S/C10H8N2O3.C3H8/c1-6-7-3-2-4-9(12(14)15)10(7)11-8(6)5-13;1-3-2/h2-5,11H,1H3;3H2,1-2H3. The van der Waals surface area contributed by atoms with Crippen molar-refractivity contribution in [1.82, 2.24) is 4.98 Å². The molecular weight excluding hydrogens is 232 g/mol. The van der Waals surface area contributed by atoms with Crippen molar-refractivity contribution in [2.24, 2.45) is 0 Å². The lowest BCUT2D eigenvalue weighted by molar-refractivity contribution is -0.383. The molecule has 0 aliphatic carbocycles. The van der Waals surface area contributed by atoms with Gasteiger partial charge in [0.05, 0.1) is 10.6 Å². The first-order valence-corrected chi connectivity index (χ1v) is 5.77. The van der Waals surface area contributed by atoms with E-state index in [1.807, 2.05) is 0 Å². The van der Waals surface area contributed by atoms with E-state index in [4.69, 9.17) is 0 Å². The molecule has 0 saturated carbocycles. The lowest BCUT2D eigenvalue weighted by Gasteiger charge is -1.93. The van der Waals surface area contributed by atoms with Gasteiger partial charge in [-0.15, -0.1) is 0 Å². The van der Waals surface area contributed by atoms with Crippen molar-refractivity contribution in [1.29, 1.82) is 0 Å². The number of nitro groups is 1. The van der Waals surface area contributed by atoms with Crippen molar-refractivity contribution >= 4 is 22.9 Å². The molecule has 1 N–H and O–H groups in total. The van der Waals surface area contributed by atoms with Crippen LogP contribution in [0, 0.1) is 17.0 Å². The van der Waals surface area contributed by atoms with Crippen LogP contribution in [0.1, 0.15) is 36.3 Å². The minimum atomic E-state index is -0.465. The molecule has 5 nitrogen and oxygen atoms in total. The normalized spacial score (nSPS) is 9.72. The van der Waals surface area contributed by atoms with Crippen molar-refractivity contribution in [3.8, 4) is 0 Å². The van der Waals surface area contributed by atoms with E-state index in [0.29, 0.717) is 22.9 Å². The quantitative estimate of drug-likeness (QED) is 0.501. The Morgan fingerprint density at radius 3 is 2.50 bits per heavy atom. The third kappa shape index (κ3) is 2.56. The summed E-state index contributed by atoms with van der Waals surface area (Å²) in [7, 11) is 0. The molecule has 2 rings (SSSR count). The molecule has 0 amide bonds. The Balaban J connectivity index is 0.000000492. The first kappa shape index (κ1) is 13.9. The molecule has 5 heteroatoms. The van der Waals surface area contributed by atoms with Crippen LogP contribution < -0.4 is 0 Å². The van der Waals surface area contributed by atoms with Gasteiger partial charge in [-0.05, 0) is 12.5 Å². The third-order valence-corrected chi connectivity index (χ3v) is 2.42. The molecule has 0 spiro atoms. The minimum absolute atomic E-state index is 0.0105. The van der Waals surface area contributed by atoms with Crippen LogP contribution in [0.5, 0.6) is 0 Å². The topological polar surface area (TPSA) is 76.0 Å². The zero-order valence-electron chi connectivity index (χ0n) is 10.7. The van der Waals surface area contributed by atoms with Crippen molar-refractivity contribution in [3.05, 3.63) is 39.6 Å². The number of para-hydroxylation sites is 1. The summed E-state index contributed by atoms with van der Waals surface area (Å²) < 4.78 is 0. The van der Waals surface area contributed by atoms with Crippen LogP contribution in [-0.2, 0) is 0 Å². The molecule has 0 aliphatic heterocycles. The van der Waals surface area contributed by atoms with Crippen LogP contribution in [0.25, 0.3) is 10.9 Å². The highest BCUT2D eigenvalue weighted by atomic mass is 16.6. The van der Waals surface area contributed by atoms with E-state index in [1.165, 1.54) is 12.5 Å². The number of H-pyrrole nitrogens is 1.